The van der Waals surface area contributed by atoms with Crippen LogP contribution < -0.4 is 5.32 Å². The highest BCUT2D eigenvalue weighted by atomic mass is 16.5. The largest absolute Gasteiger partial charge is 0.376 e. The van der Waals surface area contributed by atoms with Gasteiger partial charge in [0.25, 0.3) is 0 Å². The molecule has 96 valence electrons. The Bertz CT molecular complexity index is 302. The predicted octanol–water partition coefficient (Wildman–Crippen LogP) is 1.13. The van der Waals surface area contributed by atoms with E-state index in [0.717, 1.165) is 39.0 Å². The van der Waals surface area contributed by atoms with Crippen molar-refractivity contribution in [3.8, 4) is 6.07 Å². The van der Waals surface area contributed by atoms with E-state index in [0.29, 0.717) is 12.1 Å². The minimum atomic E-state index is -0.301. The maximum absolute atomic E-state index is 9.35. The summed E-state index contributed by atoms with van der Waals surface area (Å²) in [7, 11) is 1.91. The van der Waals surface area contributed by atoms with Crippen molar-refractivity contribution >= 4 is 0 Å². The van der Waals surface area contributed by atoms with Gasteiger partial charge in [0.15, 0.2) is 0 Å². The van der Waals surface area contributed by atoms with Crippen molar-refractivity contribution in [3.63, 3.8) is 0 Å². The molecule has 0 aromatic rings. The minimum Gasteiger partial charge on any atom is -0.376 e. The Kier molecular flexibility index (Phi) is 4.03. The number of nitrogens with zero attached hydrogens (tertiary/aromatic N) is 2. The van der Waals surface area contributed by atoms with E-state index in [-0.39, 0.29) is 5.54 Å². The smallest absolute Gasteiger partial charge is 0.108 e. The van der Waals surface area contributed by atoms with Crippen LogP contribution in [0.5, 0.6) is 0 Å². The van der Waals surface area contributed by atoms with Gasteiger partial charge in [-0.25, -0.2) is 0 Å². The minimum absolute atomic E-state index is 0.301. The fourth-order valence-corrected chi connectivity index (χ4v) is 3.12. The van der Waals surface area contributed by atoms with Crippen molar-refractivity contribution < 1.29 is 4.74 Å². The highest BCUT2D eigenvalue weighted by molar-refractivity contribution is 5.10. The Morgan fingerprint density at radius 2 is 2.35 bits per heavy atom. The lowest BCUT2D eigenvalue weighted by Crippen LogP contribution is -2.54. The molecule has 1 aliphatic carbocycles. The molecule has 1 heterocycles. The lowest BCUT2D eigenvalue weighted by Gasteiger charge is -2.43. The molecular weight excluding hydrogens is 214 g/mol. The third kappa shape index (κ3) is 2.79. The predicted molar refractivity (Wildman–Crippen MR) is 66.6 cm³/mol. The molecule has 0 radical (unpaired) electrons. The van der Waals surface area contributed by atoms with Crippen LogP contribution in [0.4, 0.5) is 0 Å². The molecule has 3 atom stereocenters. The molecule has 4 heteroatoms. The van der Waals surface area contributed by atoms with E-state index in [1.54, 1.807) is 0 Å². The summed E-state index contributed by atoms with van der Waals surface area (Å²) in [6.45, 7) is 4.98. The zero-order valence-electron chi connectivity index (χ0n) is 10.9. The van der Waals surface area contributed by atoms with Crippen LogP contribution in [0.1, 0.15) is 32.6 Å². The highest BCUT2D eigenvalue weighted by Crippen LogP contribution is 2.31. The second-order valence-electron chi connectivity index (χ2n) is 5.37. The van der Waals surface area contributed by atoms with Gasteiger partial charge < -0.3 is 10.1 Å². The maximum atomic E-state index is 9.35. The van der Waals surface area contributed by atoms with Gasteiger partial charge in [0.1, 0.15) is 5.54 Å². The Hall–Kier alpha value is -0.630. The molecule has 4 nitrogen and oxygen atoms in total. The van der Waals surface area contributed by atoms with Gasteiger partial charge in [0.05, 0.1) is 18.8 Å². The van der Waals surface area contributed by atoms with E-state index in [4.69, 9.17) is 4.74 Å². The zero-order valence-corrected chi connectivity index (χ0v) is 10.9. The first-order valence-corrected chi connectivity index (χ1v) is 6.65. The van der Waals surface area contributed by atoms with Gasteiger partial charge in [-0.2, -0.15) is 5.26 Å². The van der Waals surface area contributed by atoms with Crippen molar-refractivity contribution in [1.82, 2.24) is 10.2 Å². The van der Waals surface area contributed by atoms with Crippen molar-refractivity contribution in [1.29, 1.82) is 5.26 Å². The first-order valence-electron chi connectivity index (χ1n) is 6.65. The number of nitriles is 1. The van der Waals surface area contributed by atoms with Gasteiger partial charge in [-0.1, -0.05) is 0 Å². The molecule has 2 fully saturated rings. The molecule has 0 bridgehead atoms. The molecule has 3 unspecified atom stereocenters. The number of ether oxygens (including phenoxy) is 1. The van der Waals surface area contributed by atoms with Crippen molar-refractivity contribution in [2.45, 2.75) is 50.3 Å². The van der Waals surface area contributed by atoms with E-state index in [1.165, 1.54) is 6.42 Å². The van der Waals surface area contributed by atoms with E-state index >= 15 is 0 Å². The third-order valence-corrected chi connectivity index (χ3v) is 4.21. The quantitative estimate of drug-likeness (QED) is 0.782. The number of hydrogen-bond acceptors (Lipinski definition) is 4. The number of nitrogens with one attached hydrogen (secondary N) is 1. The van der Waals surface area contributed by atoms with Gasteiger partial charge >= 0.3 is 0 Å². The van der Waals surface area contributed by atoms with E-state index in [1.807, 2.05) is 7.05 Å². The summed E-state index contributed by atoms with van der Waals surface area (Å²) in [5.74, 6) is 0. The van der Waals surface area contributed by atoms with Crippen LogP contribution in [0.25, 0.3) is 0 Å². The average molecular weight is 237 g/mol. The summed E-state index contributed by atoms with van der Waals surface area (Å²) in [4.78, 5) is 2.51. The lowest BCUT2D eigenvalue weighted by molar-refractivity contribution is -0.0432. The number of hydrogen-bond donors (Lipinski definition) is 1. The standard InChI is InChI=1S/C13H23N3O/c1-11-9-16(6-7-17-11)12-4-3-5-13(8-12,10-14)15-2/h11-12,15H,3-9H2,1-2H3. The van der Waals surface area contributed by atoms with Crippen LogP contribution in [-0.4, -0.2) is 49.3 Å². The summed E-state index contributed by atoms with van der Waals surface area (Å²) in [6.07, 6.45) is 4.63. The van der Waals surface area contributed by atoms with Gasteiger partial charge in [0.2, 0.25) is 0 Å². The number of rotatable bonds is 2. The molecule has 0 aromatic carbocycles. The summed E-state index contributed by atoms with van der Waals surface area (Å²) >= 11 is 0. The van der Waals surface area contributed by atoms with Crippen LogP contribution >= 0.6 is 0 Å². The Morgan fingerprint density at radius 3 is 3.00 bits per heavy atom. The Balaban J connectivity index is 1.99. The van der Waals surface area contributed by atoms with E-state index < -0.39 is 0 Å². The monoisotopic (exact) mass is 237 g/mol. The summed E-state index contributed by atoms with van der Waals surface area (Å²) in [5, 5.41) is 12.6. The molecule has 1 saturated heterocycles. The van der Waals surface area contributed by atoms with Crippen molar-refractivity contribution in [3.05, 3.63) is 0 Å². The molecule has 1 aliphatic heterocycles. The lowest BCUT2D eigenvalue weighted by atomic mass is 9.79. The van der Waals surface area contributed by atoms with Crippen LogP contribution in [0.15, 0.2) is 0 Å². The van der Waals surface area contributed by atoms with Crippen LogP contribution in [0, 0.1) is 11.3 Å². The Morgan fingerprint density at radius 1 is 1.53 bits per heavy atom. The maximum Gasteiger partial charge on any atom is 0.108 e. The van der Waals surface area contributed by atoms with E-state index in [2.05, 4.69) is 23.2 Å². The Labute approximate surface area is 104 Å². The molecule has 0 aromatic heterocycles. The van der Waals surface area contributed by atoms with Crippen LogP contribution in [0.2, 0.25) is 0 Å². The molecule has 1 saturated carbocycles. The normalized spacial score (nSPS) is 39.8. The fourth-order valence-electron chi connectivity index (χ4n) is 3.12. The molecule has 2 rings (SSSR count). The second-order valence-corrected chi connectivity index (χ2v) is 5.37. The van der Waals surface area contributed by atoms with Crippen molar-refractivity contribution in [2.24, 2.45) is 0 Å². The molecule has 1 N–H and O–H groups in total. The number of morpholine rings is 1. The molecular formula is C13H23N3O. The fraction of sp³-hybridized carbons (Fsp3) is 0.923. The summed E-state index contributed by atoms with van der Waals surface area (Å²) in [6, 6.07) is 3.02. The van der Waals surface area contributed by atoms with Gasteiger partial charge in [-0.3, -0.25) is 4.90 Å². The topological polar surface area (TPSA) is 48.3 Å². The molecule has 17 heavy (non-hydrogen) atoms. The highest BCUT2D eigenvalue weighted by Gasteiger charge is 2.38. The van der Waals surface area contributed by atoms with Crippen LogP contribution in [-0.2, 0) is 4.74 Å². The summed E-state index contributed by atoms with van der Waals surface area (Å²) < 4.78 is 5.58. The van der Waals surface area contributed by atoms with Crippen LogP contribution in [0.3, 0.4) is 0 Å². The SMILES string of the molecule is CNC1(C#N)CCCC(N2CCOC(C)C2)C1. The van der Waals surface area contributed by atoms with Gasteiger partial charge in [-0.15, -0.1) is 0 Å². The van der Waals surface area contributed by atoms with Crippen molar-refractivity contribution in [2.75, 3.05) is 26.7 Å². The van der Waals surface area contributed by atoms with E-state index in [9.17, 15) is 5.26 Å². The average Bonchev–Trinajstić information content (AvgIpc) is 2.39. The summed E-state index contributed by atoms with van der Waals surface area (Å²) in [5.41, 5.74) is -0.301. The molecule has 2 aliphatic rings. The third-order valence-electron chi connectivity index (χ3n) is 4.21. The zero-order chi connectivity index (χ0) is 12.3. The molecule has 0 amide bonds. The van der Waals surface area contributed by atoms with Gasteiger partial charge in [0, 0.05) is 19.1 Å². The second kappa shape index (κ2) is 5.34. The van der Waals surface area contributed by atoms with Gasteiger partial charge in [-0.05, 0) is 39.7 Å². The molecule has 0 spiro atoms. The first kappa shape index (κ1) is 12.8. The first-order chi connectivity index (χ1) is 8.19.